The average molecular weight is 206 g/mol. The van der Waals surface area contributed by atoms with Gasteiger partial charge in [-0.25, -0.2) is 4.79 Å². The van der Waals surface area contributed by atoms with Crippen molar-refractivity contribution in [1.29, 1.82) is 0 Å². The predicted octanol–water partition coefficient (Wildman–Crippen LogP) is 0.808. The number of esters is 1. The molecule has 13 heavy (non-hydrogen) atoms. The summed E-state index contributed by atoms with van der Waals surface area (Å²) >= 11 is 5.25. The largest absolute Gasteiger partial charge is 0.464 e. The summed E-state index contributed by atoms with van der Waals surface area (Å²) in [7, 11) is 1.25. The summed E-state index contributed by atoms with van der Waals surface area (Å²) in [6, 6.07) is 0. The van der Waals surface area contributed by atoms with Gasteiger partial charge in [0.1, 0.15) is 11.6 Å². The highest BCUT2D eigenvalue weighted by Gasteiger charge is 2.11. The molecule has 0 aliphatic rings. The van der Waals surface area contributed by atoms with Crippen LogP contribution < -0.4 is 5.32 Å². The Morgan fingerprint density at radius 1 is 1.54 bits per heavy atom. The van der Waals surface area contributed by atoms with Gasteiger partial charge in [0.15, 0.2) is 0 Å². The molecule has 0 saturated heterocycles. The van der Waals surface area contributed by atoms with Gasteiger partial charge in [0, 0.05) is 0 Å². The van der Waals surface area contributed by atoms with Gasteiger partial charge in [-0.05, 0) is 6.42 Å². The van der Waals surface area contributed by atoms with Gasteiger partial charge in [-0.15, -0.1) is 11.6 Å². The molecule has 1 amide bonds. The van der Waals surface area contributed by atoms with E-state index in [0.717, 1.165) is 0 Å². The molecule has 0 radical (unpaired) electrons. The van der Waals surface area contributed by atoms with Crippen LogP contribution in [0.5, 0.6) is 0 Å². The number of carbonyl (C=O) groups is 2. The molecule has 0 saturated carbocycles. The van der Waals surface area contributed by atoms with Gasteiger partial charge in [0.2, 0.25) is 5.91 Å². The molecular weight excluding hydrogens is 194 g/mol. The van der Waals surface area contributed by atoms with E-state index in [1.807, 2.05) is 6.92 Å². The van der Waals surface area contributed by atoms with Crippen molar-refractivity contribution >= 4 is 23.5 Å². The highest BCUT2D eigenvalue weighted by Crippen LogP contribution is 1.95. The topological polar surface area (TPSA) is 55.4 Å². The molecule has 0 aliphatic carbocycles. The van der Waals surface area contributed by atoms with Crippen LogP contribution in [0.1, 0.15) is 13.3 Å². The van der Waals surface area contributed by atoms with Gasteiger partial charge in [0.05, 0.1) is 7.11 Å². The van der Waals surface area contributed by atoms with Crippen molar-refractivity contribution in [3.8, 4) is 0 Å². The highest BCUT2D eigenvalue weighted by molar-refractivity contribution is 6.27. The van der Waals surface area contributed by atoms with Gasteiger partial charge in [-0.3, -0.25) is 4.79 Å². The average Bonchev–Trinajstić information content (AvgIpc) is 2.15. The molecule has 0 aromatic heterocycles. The van der Waals surface area contributed by atoms with Crippen LogP contribution in [0, 0.1) is 0 Å². The maximum absolute atomic E-state index is 11.0. The van der Waals surface area contributed by atoms with Crippen LogP contribution in [0.25, 0.3) is 0 Å². The number of rotatable bonds is 4. The Labute approximate surface area is 81.9 Å². The van der Waals surface area contributed by atoms with E-state index in [4.69, 9.17) is 11.6 Å². The maximum Gasteiger partial charge on any atom is 0.354 e. The van der Waals surface area contributed by atoms with E-state index < -0.39 is 11.9 Å². The van der Waals surface area contributed by atoms with Gasteiger partial charge in [-0.1, -0.05) is 13.0 Å². The molecule has 0 atom stereocenters. The number of ether oxygens (including phenoxy) is 1. The van der Waals surface area contributed by atoms with E-state index in [9.17, 15) is 9.59 Å². The summed E-state index contributed by atoms with van der Waals surface area (Å²) < 4.78 is 4.45. The molecule has 0 aliphatic heterocycles. The van der Waals surface area contributed by atoms with E-state index in [1.165, 1.54) is 7.11 Å². The molecule has 0 bridgehead atoms. The lowest BCUT2D eigenvalue weighted by molar-refractivity contribution is -0.137. The van der Waals surface area contributed by atoms with Crippen LogP contribution in [0.4, 0.5) is 0 Å². The van der Waals surface area contributed by atoms with Gasteiger partial charge >= 0.3 is 5.97 Å². The summed E-state index contributed by atoms with van der Waals surface area (Å²) in [6.45, 7) is 1.84. The maximum atomic E-state index is 11.0. The molecule has 0 aromatic carbocycles. The molecule has 0 rings (SSSR count). The fraction of sp³-hybridized carbons (Fsp3) is 0.500. The minimum atomic E-state index is -0.569. The number of hydrogen-bond donors (Lipinski definition) is 1. The van der Waals surface area contributed by atoms with Crippen molar-refractivity contribution in [2.24, 2.45) is 0 Å². The van der Waals surface area contributed by atoms with Gasteiger partial charge in [0.25, 0.3) is 0 Å². The predicted molar refractivity (Wildman–Crippen MR) is 49.3 cm³/mol. The highest BCUT2D eigenvalue weighted by atomic mass is 35.5. The first kappa shape index (κ1) is 12.0. The molecule has 4 nitrogen and oxygen atoms in total. The number of amides is 1. The van der Waals surface area contributed by atoms with Crippen LogP contribution >= 0.6 is 11.6 Å². The zero-order valence-corrected chi connectivity index (χ0v) is 8.35. The molecule has 0 heterocycles. The number of hydrogen-bond acceptors (Lipinski definition) is 3. The lowest BCUT2D eigenvalue weighted by Crippen LogP contribution is -2.28. The first-order valence-corrected chi connectivity index (χ1v) is 4.33. The molecule has 5 heteroatoms. The Balaban J connectivity index is 4.36. The molecule has 0 aromatic rings. The number of allylic oxidation sites excluding steroid dienone is 1. The smallest absolute Gasteiger partial charge is 0.354 e. The Kier molecular flexibility index (Phi) is 5.97. The van der Waals surface area contributed by atoms with Gasteiger partial charge in [-0.2, -0.15) is 0 Å². The molecular formula is C8H12ClNO3. The summed E-state index contributed by atoms with van der Waals surface area (Å²) in [5.74, 6) is -1.18. The SMILES string of the molecule is CC/C=C(\NC(=O)CCl)C(=O)OC. The molecule has 0 fully saturated rings. The number of nitrogens with one attached hydrogen (secondary N) is 1. The van der Waals surface area contributed by atoms with Crippen LogP contribution in [0.3, 0.4) is 0 Å². The van der Waals surface area contributed by atoms with E-state index >= 15 is 0 Å². The van der Waals surface area contributed by atoms with Gasteiger partial charge < -0.3 is 10.1 Å². The van der Waals surface area contributed by atoms with Crippen molar-refractivity contribution in [1.82, 2.24) is 5.32 Å². The fourth-order valence-electron chi connectivity index (χ4n) is 0.683. The quantitative estimate of drug-likeness (QED) is 0.420. The Bertz CT molecular complexity index is 225. The second-order valence-corrected chi connectivity index (χ2v) is 2.47. The third-order valence-corrected chi connectivity index (χ3v) is 1.45. The second-order valence-electron chi connectivity index (χ2n) is 2.20. The zero-order chi connectivity index (χ0) is 10.3. The van der Waals surface area contributed by atoms with Crippen molar-refractivity contribution in [3.63, 3.8) is 0 Å². The minimum absolute atomic E-state index is 0.135. The number of alkyl halides is 1. The summed E-state index contributed by atoms with van der Waals surface area (Å²) in [5, 5.41) is 2.33. The normalized spacial score (nSPS) is 10.8. The third-order valence-electron chi connectivity index (χ3n) is 1.21. The summed E-state index contributed by atoms with van der Waals surface area (Å²) in [4.78, 5) is 21.8. The number of methoxy groups -OCH3 is 1. The Morgan fingerprint density at radius 2 is 2.15 bits per heavy atom. The zero-order valence-electron chi connectivity index (χ0n) is 7.59. The van der Waals surface area contributed by atoms with E-state index in [2.05, 4.69) is 10.1 Å². The van der Waals surface area contributed by atoms with Crippen molar-refractivity contribution < 1.29 is 14.3 Å². The van der Waals surface area contributed by atoms with E-state index in [0.29, 0.717) is 6.42 Å². The van der Waals surface area contributed by atoms with Crippen LogP contribution in [0.15, 0.2) is 11.8 Å². The van der Waals surface area contributed by atoms with Crippen LogP contribution in [0.2, 0.25) is 0 Å². The summed E-state index contributed by atoms with van der Waals surface area (Å²) in [6.07, 6.45) is 2.20. The Hall–Kier alpha value is -1.03. The van der Waals surface area contributed by atoms with E-state index in [-0.39, 0.29) is 11.6 Å². The van der Waals surface area contributed by atoms with E-state index in [1.54, 1.807) is 6.08 Å². The van der Waals surface area contributed by atoms with Crippen molar-refractivity contribution in [2.45, 2.75) is 13.3 Å². The third kappa shape index (κ3) is 4.52. The van der Waals surface area contributed by atoms with Crippen LogP contribution in [-0.2, 0) is 14.3 Å². The lowest BCUT2D eigenvalue weighted by atomic mass is 10.3. The molecule has 0 unspecified atom stereocenters. The molecule has 1 N–H and O–H groups in total. The number of carbonyl (C=O) groups excluding carboxylic acids is 2. The first-order valence-electron chi connectivity index (χ1n) is 3.80. The second kappa shape index (κ2) is 6.48. The lowest BCUT2D eigenvalue weighted by Gasteiger charge is -2.05. The molecule has 74 valence electrons. The first-order chi connectivity index (χ1) is 6.15. The van der Waals surface area contributed by atoms with Crippen molar-refractivity contribution in [3.05, 3.63) is 11.8 Å². The molecule has 0 spiro atoms. The monoisotopic (exact) mass is 205 g/mol. The Morgan fingerprint density at radius 3 is 2.54 bits per heavy atom. The van der Waals surface area contributed by atoms with Crippen LogP contribution in [-0.4, -0.2) is 24.9 Å². The fourth-order valence-corrected chi connectivity index (χ4v) is 0.750. The minimum Gasteiger partial charge on any atom is -0.464 e. The standard InChI is InChI=1S/C8H12ClNO3/c1-3-4-6(8(12)13-2)10-7(11)5-9/h4H,3,5H2,1-2H3,(H,10,11)/b6-4-. The van der Waals surface area contributed by atoms with Crippen molar-refractivity contribution in [2.75, 3.05) is 13.0 Å². The number of halogens is 1. The summed E-state index contributed by atoms with van der Waals surface area (Å²) in [5.41, 5.74) is 0.135.